The minimum Gasteiger partial charge on any atom is -0.392 e. The second-order valence-corrected chi connectivity index (χ2v) is 7.20. The number of thiocarbonyl (C=S) groups is 1. The van der Waals surface area contributed by atoms with Crippen LogP contribution in [0.25, 0.3) is 0 Å². The predicted octanol–water partition coefficient (Wildman–Crippen LogP) is 0.829. The molecule has 122 valence electrons. The summed E-state index contributed by atoms with van der Waals surface area (Å²) in [6.07, 6.45) is 0. The van der Waals surface area contributed by atoms with Crippen molar-refractivity contribution < 1.29 is 4.79 Å². The number of nitrogens with zero attached hydrogens (tertiary/aromatic N) is 2. The molecule has 0 radical (unpaired) electrons. The lowest BCUT2D eigenvalue weighted by molar-refractivity contribution is -0.126. The Hall–Kier alpha value is -0.720. The lowest BCUT2D eigenvalue weighted by Crippen LogP contribution is -2.61. The van der Waals surface area contributed by atoms with Crippen molar-refractivity contribution in [2.45, 2.75) is 46.2 Å². The molecule has 0 spiro atoms. The Morgan fingerprint density at radius 1 is 1.24 bits per heavy atom. The molecule has 6 heteroatoms. The van der Waals surface area contributed by atoms with Gasteiger partial charge in [-0.2, -0.15) is 0 Å². The van der Waals surface area contributed by atoms with E-state index < -0.39 is 0 Å². The van der Waals surface area contributed by atoms with Gasteiger partial charge in [-0.3, -0.25) is 14.6 Å². The van der Waals surface area contributed by atoms with E-state index in [1.165, 1.54) is 0 Å². The molecule has 0 aromatic heterocycles. The number of nitrogens with one attached hydrogen (secondary N) is 1. The molecule has 0 aromatic rings. The highest BCUT2D eigenvalue weighted by Gasteiger charge is 2.34. The van der Waals surface area contributed by atoms with Gasteiger partial charge in [0.25, 0.3) is 0 Å². The summed E-state index contributed by atoms with van der Waals surface area (Å²) in [6, 6.07) is -0.0844. The highest BCUT2D eigenvalue weighted by molar-refractivity contribution is 7.80. The van der Waals surface area contributed by atoms with E-state index >= 15 is 0 Å². The van der Waals surface area contributed by atoms with Crippen molar-refractivity contribution >= 4 is 23.1 Å². The van der Waals surface area contributed by atoms with Crippen LogP contribution in [0.5, 0.6) is 0 Å². The lowest BCUT2D eigenvalue weighted by Gasteiger charge is -2.44. The highest BCUT2D eigenvalue weighted by Crippen LogP contribution is 2.18. The van der Waals surface area contributed by atoms with Gasteiger partial charge in [0.05, 0.1) is 16.6 Å². The summed E-state index contributed by atoms with van der Waals surface area (Å²) in [4.78, 5) is 17.2. The predicted molar refractivity (Wildman–Crippen MR) is 91.3 cm³/mol. The Kier molecular flexibility index (Phi) is 6.56. The maximum Gasteiger partial charge on any atom is 0.237 e. The fourth-order valence-corrected chi connectivity index (χ4v) is 2.57. The minimum absolute atomic E-state index is 0.0844. The number of piperazine rings is 1. The van der Waals surface area contributed by atoms with Gasteiger partial charge in [-0.15, -0.1) is 0 Å². The summed E-state index contributed by atoms with van der Waals surface area (Å²) in [5, 5.41) is 3.00. The summed E-state index contributed by atoms with van der Waals surface area (Å²) in [7, 11) is 0. The van der Waals surface area contributed by atoms with Crippen molar-refractivity contribution in [2.75, 3.05) is 32.7 Å². The maximum atomic E-state index is 12.1. The summed E-state index contributed by atoms with van der Waals surface area (Å²) in [5.74, 6) is 0.593. The van der Waals surface area contributed by atoms with Gasteiger partial charge in [0, 0.05) is 32.7 Å². The van der Waals surface area contributed by atoms with Crippen molar-refractivity contribution in [1.82, 2.24) is 15.1 Å². The van der Waals surface area contributed by atoms with Gasteiger partial charge in [0.1, 0.15) is 0 Å². The molecule has 1 saturated heterocycles. The van der Waals surface area contributed by atoms with Crippen molar-refractivity contribution in [3.05, 3.63) is 0 Å². The van der Waals surface area contributed by atoms with E-state index in [9.17, 15) is 4.79 Å². The molecule has 1 amide bonds. The first-order valence-corrected chi connectivity index (χ1v) is 8.13. The van der Waals surface area contributed by atoms with Gasteiger partial charge in [-0.25, -0.2) is 0 Å². The second kappa shape index (κ2) is 7.51. The Bertz CT molecular complexity index is 376. The molecule has 1 aliphatic rings. The molecule has 0 aromatic carbocycles. The standard InChI is InChI=1S/C15H30N4OS/c1-11(2)10-17-13(20)12(3)18-6-8-19(9-7-18)15(4,5)14(16)21/h11-12H,6-10H2,1-5H3,(H2,16,21)(H,17,20). The minimum atomic E-state index is -0.259. The molecule has 0 bridgehead atoms. The SMILES string of the molecule is CC(C)CNC(=O)C(C)N1CCN(C(C)(C)C(N)=S)CC1. The van der Waals surface area contributed by atoms with Crippen LogP contribution >= 0.6 is 12.2 Å². The fraction of sp³-hybridized carbons (Fsp3) is 0.867. The molecule has 1 unspecified atom stereocenters. The average Bonchev–Trinajstić information content (AvgIpc) is 2.43. The first-order chi connectivity index (χ1) is 9.66. The van der Waals surface area contributed by atoms with Crippen LogP contribution in [-0.4, -0.2) is 65.0 Å². The van der Waals surface area contributed by atoms with Crippen molar-refractivity contribution in [2.24, 2.45) is 11.7 Å². The van der Waals surface area contributed by atoms with Gasteiger partial charge in [-0.05, 0) is 26.7 Å². The van der Waals surface area contributed by atoms with Gasteiger partial charge in [-0.1, -0.05) is 26.1 Å². The Labute approximate surface area is 134 Å². The van der Waals surface area contributed by atoms with E-state index in [1.54, 1.807) is 0 Å². The number of carbonyl (C=O) groups is 1. The quantitative estimate of drug-likeness (QED) is 0.711. The molecule has 1 heterocycles. The molecule has 0 saturated carbocycles. The topological polar surface area (TPSA) is 61.6 Å². The molecular weight excluding hydrogens is 284 g/mol. The zero-order chi connectivity index (χ0) is 16.2. The monoisotopic (exact) mass is 314 g/mol. The van der Waals surface area contributed by atoms with Crippen LogP contribution in [0.15, 0.2) is 0 Å². The van der Waals surface area contributed by atoms with Crippen molar-refractivity contribution in [3.8, 4) is 0 Å². The van der Waals surface area contributed by atoms with Crippen molar-refractivity contribution in [1.29, 1.82) is 0 Å². The van der Waals surface area contributed by atoms with Crippen molar-refractivity contribution in [3.63, 3.8) is 0 Å². The number of amides is 1. The summed E-state index contributed by atoms with van der Waals surface area (Å²) < 4.78 is 0. The molecular formula is C15H30N4OS. The van der Waals surface area contributed by atoms with Crippen LogP contribution in [-0.2, 0) is 4.79 Å². The molecule has 1 rings (SSSR count). The van der Waals surface area contributed by atoms with Crippen LogP contribution in [0.2, 0.25) is 0 Å². The summed E-state index contributed by atoms with van der Waals surface area (Å²) >= 11 is 5.15. The van der Waals surface area contributed by atoms with Gasteiger partial charge in [0.2, 0.25) is 5.91 Å². The zero-order valence-electron chi connectivity index (χ0n) is 14.0. The third-order valence-corrected chi connectivity index (χ3v) is 4.82. The highest BCUT2D eigenvalue weighted by atomic mass is 32.1. The van der Waals surface area contributed by atoms with Crippen LogP contribution in [0, 0.1) is 5.92 Å². The van der Waals surface area contributed by atoms with E-state index in [0.717, 1.165) is 32.7 Å². The number of nitrogens with two attached hydrogens (primary N) is 1. The van der Waals surface area contributed by atoms with E-state index in [2.05, 4.69) is 42.8 Å². The first-order valence-electron chi connectivity index (χ1n) is 7.73. The van der Waals surface area contributed by atoms with E-state index in [-0.39, 0.29) is 17.5 Å². The summed E-state index contributed by atoms with van der Waals surface area (Å²) in [6.45, 7) is 14.5. The normalized spacial score (nSPS) is 19.5. The first kappa shape index (κ1) is 18.3. The average molecular weight is 314 g/mol. The van der Waals surface area contributed by atoms with E-state index in [1.807, 2.05) is 6.92 Å². The lowest BCUT2D eigenvalue weighted by atomic mass is 10.0. The number of rotatable bonds is 6. The molecule has 1 aliphatic heterocycles. The Morgan fingerprint density at radius 2 is 1.76 bits per heavy atom. The third-order valence-electron chi connectivity index (χ3n) is 4.32. The van der Waals surface area contributed by atoms with Gasteiger partial charge >= 0.3 is 0 Å². The van der Waals surface area contributed by atoms with E-state index in [0.29, 0.717) is 10.9 Å². The fourth-order valence-electron chi connectivity index (χ4n) is 2.44. The Morgan fingerprint density at radius 3 is 2.19 bits per heavy atom. The largest absolute Gasteiger partial charge is 0.392 e. The molecule has 1 atom stereocenters. The molecule has 1 fully saturated rings. The number of hydrogen-bond donors (Lipinski definition) is 2. The van der Waals surface area contributed by atoms with Crippen LogP contribution < -0.4 is 11.1 Å². The maximum absolute atomic E-state index is 12.1. The van der Waals surface area contributed by atoms with E-state index in [4.69, 9.17) is 18.0 Å². The number of carbonyl (C=O) groups excluding carboxylic acids is 1. The zero-order valence-corrected chi connectivity index (χ0v) is 14.8. The smallest absolute Gasteiger partial charge is 0.237 e. The molecule has 5 nitrogen and oxygen atoms in total. The molecule has 3 N–H and O–H groups in total. The third kappa shape index (κ3) is 4.90. The summed E-state index contributed by atoms with van der Waals surface area (Å²) in [5.41, 5.74) is 5.56. The van der Waals surface area contributed by atoms with Crippen LogP contribution in [0.4, 0.5) is 0 Å². The van der Waals surface area contributed by atoms with Gasteiger partial charge < -0.3 is 11.1 Å². The second-order valence-electron chi connectivity index (χ2n) is 6.76. The molecule has 0 aliphatic carbocycles. The van der Waals surface area contributed by atoms with Crippen LogP contribution in [0.1, 0.15) is 34.6 Å². The number of hydrogen-bond acceptors (Lipinski definition) is 4. The van der Waals surface area contributed by atoms with Gasteiger partial charge in [0.15, 0.2) is 0 Å². The van der Waals surface area contributed by atoms with Crippen LogP contribution in [0.3, 0.4) is 0 Å². The Balaban J connectivity index is 2.49. The molecule has 21 heavy (non-hydrogen) atoms.